The molecule has 2 nitrogen and oxygen atoms in total. The summed E-state index contributed by atoms with van der Waals surface area (Å²) in [6.45, 7) is 0. The summed E-state index contributed by atoms with van der Waals surface area (Å²) in [5, 5.41) is 3.26. The van der Waals surface area contributed by atoms with Crippen molar-refractivity contribution < 1.29 is 18.0 Å². The highest BCUT2D eigenvalue weighted by molar-refractivity contribution is 5.83. The molecule has 0 saturated heterocycles. The topological polar surface area (TPSA) is 29.1 Å². The highest BCUT2D eigenvalue weighted by atomic mass is 19.4. The van der Waals surface area contributed by atoms with Crippen LogP contribution in [0, 0.1) is 29.6 Å². The van der Waals surface area contributed by atoms with Crippen LogP contribution in [0.15, 0.2) is 24.3 Å². The highest BCUT2D eigenvalue weighted by Gasteiger charge is 2.52. The zero-order valence-corrected chi connectivity index (χ0v) is 14.6. The molecule has 5 aliphatic carbocycles. The van der Waals surface area contributed by atoms with E-state index in [4.69, 9.17) is 0 Å². The van der Waals surface area contributed by atoms with E-state index in [-0.39, 0.29) is 29.3 Å². The summed E-state index contributed by atoms with van der Waals surface area (Å²) >= 11 is 0. The van der Waals surface area contributed by atoms with E-state index in [1.807, 2.05) is 0 Å². The summed E-state index contributed by atoms with van der Waals surface area (Å²) in [6.07, 6.45) is 2.44. The zero-order valence-electron chi connectivity index (χ0n) is 14.6. The first-order valence-electron chi connectivity index (χ1n) is 9.86. The van der Waals surface area contributed by atoms with E-state index in [0.29, 0.717) is 18.3 Å². The Labute approximate surface area is 151 Å². The number of carbonyl (C=O) groups is 1. The summed E-state index contributed by atoms with van der Waals surface area (Å²) in [6, 6.07) is 5.97. The Bertz CT molecular complexity index is 700. The summed E-state index contributed by atoms with van der Waals surface area (Å²) in [4.78, 5) is 12.7. The Morgan fingerprint density at radius 3 is 2.15 bits per heavy atom. The van der Waals surface area contributed by atoms with Gasteiger partial charge in [0, 0.05) is 12.0 Å². The molecule has 5 fully saturated rings. The van der Waals surface area contributed by atoms with Crippen molar-refractivity contribution in [1.82, 2.24) is 5.32 Å². The molecule has 1 aromatic carbocycles. The normalized spacial score (nSPS) is 40.5. The number of amides is 1. The van der Waals surface area contributed by atoms with Crippen LogP contribution >= 0.6 is 0 Å². The summed E-state index contributed by atoms with van der Waals surface area (Å²) < 4.78 is 39.7. The fraction of sp³-hybridized carbons (Fsp3) is 0.667. The number of carbonyl (C=O) groups excluding carboxylic acids is 1. The van der Waals surface area contributed by atoms with Crippen molar-refractivity contribution >= 4 is 5.91 Å². The van der Waals surface area contributed by atoms with E-state index in [1.165, 1.54) is 44.2 Å². The molecule has 0 spiro atoms. The van der Waals surface area contributed by atoms with Crippen molar-refractivity contribution in [3.63, 3.8) is 0 Å². The average Bonchev–Trinajstić information content (AvgIpc) is 3.37. The van der Waals surface area contributed by atoms with Gasteiger partial charge in [0.1, 0.15) is 0 Å². The van der Waals surface area contributed by atoms with Gasteiger partial charge in [-0.1, -0.05) is 18.2 Å². The molecule has 2 atom stereocenters. The molecule has 5 heteroatoms. The molecule has 1 N–H and O–H groups in total. The fourth-order valence-corrected chi connectivity index (χ4v) is 6.34. The Kier molecular flexibility index (Phi) is 3.67. The van der Waals surface area contributed by atoms with Crippen LogP contribution in [0.4, 0.5) is 13.2 Å². The molecule has 5 aliphatic rings. The van der Waals surface area contributed by atoms with Crippen molar-refractivity contribution in [2.24, 2.45) is 29.6 Å². The van der Waals surface area contributed by atoms with Crippen molar-refractivity contribution in [2.45, 2.75) is 56.7 Å². The van der Waals surface area contributed by atoms with Crippen LogP contribution in [0.1, 0.15) is 55.6 Å². The SMILES string of the molecule is O=C(NC1C2CC3CC(C2)CC1C3)C1CC1c1ccccc1C(F)(F)F. The van der Waals surface area contributed by atoms with Crippen molar-refractivity contribution in [3.05, 3.63) is 35.4 Å². The molecule has 140 valence electrons. The third-order valence-electron chi connectivity index (χ3n) is 7.33. The largest absolute Gasteiger partial charge is 0.416 e. The molecular weight excluding hydrogens is 339 g/mol. The summed E-state index contributed by atoms with van der Waals surface area (Å²) in [5.74, 6) is 2.27. The van der Waals surface area contributed by atoms with E-state index >= 15 is 0 Å². The molecule has 0 aromatic heterocycles. The Morgan fingerprint density at radius 2 is 1.54 bits per heavy atom. The maximum absolute atomic E-state index is 13.2. The molecule has 2 unspecified atom stereocenters. The first-order valence-corrected chi connectivity index (χ1v) is 9.86. The van der Waals surface area contributed by atoms with Crippen molar-refractivity contribution in [1.29, 1.82) is 0 Å². The second kappa shape index (κ2) is 5.74. The standard InChI is InChI=1S/C21H24F3NO/c22-21(23,24)18-4-2-1-3-15(18)16-10-17(16)20(26)25-19-13-6-11-5-12(8-13)9-14(19)7-11/h1-4,11-14,16-17,19H,5-10H2,(H,25,26). The molecule has 0 radical (unpaired) electrons. The minimum Gasteiger partial charge on any atom is -0.353 e. The lowest BCUT2D eigenvalue weighted by molar-refractivity contribution is -0.138. The van der Waals surface area contributed by atoms with Crippen LogP contribution in [0.5, 0.6) is 0 Å². The van der Waals surface area contributed by atoms with Crippen LogP contribution in [0.3, 0.4) is 0 Å². The highest BCUT2D eigenvalue weighted by Crippen LogP contribution is 2.55. The lowest BCUT2D eigenvalue weighted by Crippen LogP contribution is -2.56. The van der Waals surface area contributed by atoms with Gasteiger partial charge in [0.05, 0.1) is 5.56 Å². The molecule has 0 aliphatic heterocycles. The number of halogens is 3. The molecule has 5 saturated carbocycles. The van der Waals surface area contributed by atoms with Gasteiger partial charge in [0.15, 0.2) is 0 Å². The smallest absolute Gasteiger partial charge is 0.353 e. The second-order valence-electron chi connectivity index (χ2n) is 9.00. The van der Waals surface area contributed by atoms with Gasteiger partial charge in [-0.2, -0.15) is 13.2 Å². The first-order chi connectivity index (χ1) is 12.4. The third-order valence-corrected chi connectivity index (χ3v) is 7.33. The van der Waals surface area contributed by atoms with Crippen LogP contribution in [0.2, 0.25) is 0 Å². The average molecular weight is 363 g/mol. The van der Waals surface area contributed by atoms with E-state index in [1.54, 1.807) is 6.07 Å². The van der Waals surface area contributed by atoms with Gasteiger partial charge in [-0.25, -0.2) is 0 Å². The molecule has 6 rings (SSSR count). The van der Waals surface area contributed by atoms with Gasteiger partial charge in [-0.15, -0.1) is 0 Å². The second-order valence-corrected chi connectivity index (χ2v) is 9.00. The number of hydrogen-bond acceptors (Lipinski definition) is 1. The predicted molar refractivity (Wildman–Crippen MR) is 91.3 cm³/mol. The minimum atomic E-state index is -4.36. The first kappa shape index (κ1) is 16.6. The summed E-state index contributed by atoms with van der Waals surface area (Å²) in [7, 11) is 0. The Balaban J connectivity index is 1.28. The van der Waals surface area contributed by atoms with Gasteiger partial charge < -0.3 is 5.32 Å². The van der Waals surface area contributed by atoms with E-state index in [0.717, 1.165) is 17.9 Å². The maximum atomic E-state index is 13.2. The number of alkyl halides is 3. The predicted octanol–water partition coefficient (Wildman–Crippen LogP) is 4.75. The zero-order chi connectivity index (χ0) is 18.1. The lowest BCUT2D eigenvalue weighted by Gasteiger charge is -2.54. The lowest BCUT2D eigenvalue weighted by atomic mass is 9.54. The van der Waals surface area contributed by atoms with Gasteiger partial charge in [-0.3, -0.25) is 4.79 Å². The van der Waals surface area contributed by atoms with E-state index < -0.39 is 11.7 Å². The number of nitrogens with one attached hydrogen (secondary N) is 1. The van der Waals surface area contributed by atoms with Crippen molar-refractivity contribution in [2.75, 3.05) is 0 Å². The van der Waals surface area contributed by atoms with Gasteiger partial charge in [0.25, 0.3) is 0 Å². The Morgan fingerprint density at radius 1 is 0.923 bits per heavy atom. The Hall–Kier alpha value is -1.52. The summed E-state index contributed by atoms with van der Waals surface area (Å²) in [5.41, 5.74) is -0.305. The molecular formula is C21H24F3NO. The van der Waals surface area contributed by atoms with E-state index in [9.17, 15) is 18.0 Å². The number of rotatable bonds is 3. The molecule has 1 aromatic rings. The molecule has 26 heavy (non-hydrogen) atoms. The maximum Gasteiger partial charge on any atom is 0.416 e. The van der Waals surface area contributed by atoms with Crippen LogP contribution in [0.25, 0.3) is 0 Å². The van der Waals surface area contributed by atoms with Gasteiger partial charge >= 0.3 is 6.18 Å². The molecule has 4 bridgehead atoms. The quantitative estimate of drug-likeness (QED) is 0.825. The molecule has 0 heterocycles. The van der Waals surface area contributed by atoms with Gasteiger partial charge in [0.2, 0.25) is 5.91 Å². The number of benzene rings is 1. The minimum absolute atomic E-state index is 0.0237. The molecule has 1 amide bonds. The van der Waals surface area contributed by atoms with Crippen LogP contribution in [-0.2, 0) is 11.0 Å². The van der Waals surface area contributed by atoms with Crippen molar-refractivity contribution in [3.8, 4) is 0 Å². The fourth-order valence-electron chi connectivity index (χ4n) is 6.34. The van der Waals surface area contributed by atoms with E-state index in [2.05, 4.69) is 5.32 Å². The van der Waals surface area contributed by atoms with Crippen LogP contribution < -0.4 is 5.32 Å². The third kappa shape index (κ3) is 2.74. The monoisotopic (exact) mass is 363 g/mol. The van der Waals surface area contributed by atoms with Gasteiger partial charge in [-0.05, 0) is 79.7 Å². The number of hydrogen-bond donors (Lipinski definition) is 1. The van der Waals surface area contributed by atoms with Crippen LogP contribution in [-0.4, -0.2) is 11.9 Å².